The molecule has 1 aliphatic carbocycles. The number of carbonyl (C=O) groups is 2. The average molecular weight is 550 g/mol. The monoisotopic (exact) mass is 549 g/mol. The summed E-state index contributed by atoms with van der Waals surface area (Å²) < 4.78 is 13.5. The maximum Gasteiger partial charge on any atom is 0.246 e. The molecule has 1 aromatic heterocycles. The molecule has 0 radical (unpaired) electrons. The van der Waals surface area contributed by atoms with Gasteiger partial charge in [-0.3, -0.25) is 9.59 Å². The number of hydrogen-bond acceptors (Lipinski definition) is 7. The van der Waals surface area contributed by atoms with Gasteiger partial charge in [0.1, 0.15) is 17.7 Å². The Balaban J connectivity index is 1.59. The Morgan fingerprint density at radius 2 is 2.05 bits per heavy atom. The average Bonchev–Trinajstić information content (AvgIpc) is 3.37. The highest BCUT2D eigenvalue weighted by molar-refractivity contribution is 5.92. The Morgan fingerprint density at radius 1 is 1.25 bits per heavy atom. The zero-order valence-electron chi connectivity index (χ0n) is 24.0. The van der Waals surface area contributed by atoms with E-state index in [1.54, 1.807) is 38.4 Å². The van der Waals surface area contributed by atoms with Crippen LogP contribution in [-0.4, -0.2) is 77.9 Å². The van der Waals surface area contributed by atoms with E-state index in [9.17, 15) is 14.0 Å². The van der Waals surface area contributed by atoms with E-state index in [0.717, 1.165) is 32.2 Å². The summed E-state index contributed by atoms with van der Waals surface area (Å²) in [5.41, 5.74) is 1.24. The number of nitrogens with zero attached hydrogens (tertiary/aromatic N) is 4. The minimum atomic E-state index is -0.578. The van der Waals surface area contributed by atoms with Gasteiger partial charge in [0.15, 0.2) is 0 Å². The molecule has 0 spiro atoms. The number of likely N-dealkylation sites (N-methyl/N-ethyl adjacent to an activating group) is 2. The molecule has 2 amide bonds. The zero-order valence-corrected chi connectivity index (χ0v) is 24.0. The van der Waals surface area contributed by atoms with Crippen molar-refractivity contribution in [1.82, 2.24) is 25.1 Å². The lowest BCUT2D eigenvalue weighted by molar-refractivity contribution is -0.135. The fraction of sp³-hybridized carbons (Fsp3) is 0.467. The van der Waals surface area contributed by atoms with Gasteiger partial charge in [0.2, 0.25) is 17.8 Å². The van der Waals surface area contributed by atoms with Crippen molar-refractivity contribution in [3.63, 3.8) is 0 Å². The van der Waals surface area contributed by atoms with E-state index in [1.807, 2.05) is 19.0 Å². The molecule has 0 bridgehead atoms. The van der Waals surface area contributed by atoms with Crippen molar-refractivity contribution in [2.45, 2.75) is 51.6 Å². The Labute approximate surface area is 236 Å². The number of rotatable bonds is 11. The molecule has 1 aliphatic rings. The molecule has 10 heteroatoms. The lowest BCUT2D eigenvalue weighted by Gasteiger charge is -2.24. The molecule has 1 heterocycles. The first kappa shape index (κ1) is 30.6. The van der Waals surface area contributed by atoms with Crippen molar-refractivity contribution < 1.29 is 14.0 Å². The van der Waals surface area contributed by atoms with Gasteiger partial charge in [-0.1, -0.05) is 30.9 Å². The number of nitrogens with one attached hydrogen (secondary N) is 3. The molecule has 0 aliphatic heterocycles. The van der Waals surface area contributed by atoms with Crippen LogP contribution in [0.1, 0.15) is 45.1 Å². The standard InChI is InChI=1S/C30H40FN7O2/c1-6-16-32-28-23(20-33-30(36-28)35-25-10-7-9-24(31)19-25)14-12-22-13-15-26(18-22)34-29(40)21(2)38(5)27(39)11-8-17-37(3)4/h7-11,19-22,26H,6,13,15-18H2,1-5H3,(H,34,40)(H2,32,33,35,36)/t21-,22+,26-/m0/s1. The van der Waals surface area contributed by atoms with Gasteiger partial charge in [-0.15, -0.1) is 0 Å². The van der Waals surface area contributed by atoms with Crippen LogP contribution in [0, 0.1) is 23.6 Å². The third kappa shape index (κ3) is 9.35. The minimum absolute atomic E-state index is 0.00816. The number of halogens is 1. The van der Waals surface area contributed by atoms with Crippen LogP contribution >= 0.6 is 0 Å². The van der Waals surface area contributed by atoms with Crippen molar-refractivity contribution >= 4 is 29.3 Å². The van der Waals surface area contributed by atoms with E-state index in [2.05, 4.69) is 44.7 Å². The van der Waals surface area contributed by atoms with Crippen LogP contribution in [0.5, 0.6) is 0 Å². The second-order valence-electron chi connectivity index (χ2n) is 10.3. The fourth-order valence-corrected chi connectivity index (χ4v) is 4.20. The summed E-state index contributed by atoms with van der Waals surface area (Å²) in [7, 11) is 5.49. The molecule has 9 nitrogen and oxygen atoms in total. The van der Waals surface area contributed by atoms with Gasteiger partial charge >= 0.3 is 0 Å². The third-order valence-corrected chi connectivity index (χ3v) is 6.64. The normalized spacial score (nSPS) is 17.3. The molecular formula is C30H40FN7O2. The molecule has 1 aromatic carbocycles. The van der Waals surface area contributed by atoms with Gasteiger partial charge < -0.3 is 25.8 Å². The summed E-state index contributed by atoms with van der Waals surface area (Å²) in [6.07, 6.45) is 8.30. The van der Waals surface area contributed by atoms with Gasteiger partial charge in [-0.05, 0) is 64.9 Å². The summed E-state index contributed by atoms with van der Waals surface area (Å²) in [6.45, 7) is 5.18. The van der Waals surface area contributed by atoms with Crippen LogP contribution in [0.15, 0.2) is 42.6 Å². The van der Waals surface area contributed by atoms with Crippen LogP contribution in [0.25, 0.3) is 0 Å². The first-order valence-electron chi connectivity index (χ1n) is 13.7. The van der Waals surface area contributed by atoms with E-state index >= 15 is 0 Å². The van der Waals surface area contributed by atoms with Crippen molar-refractivity contribution in [3.05, 3.63) is 54.0 Å². The van der Waals surface area contributed by atoms with Crippen LogP contribution in [0.4, 0.5) is 21.8 Å². The van der Waals surface area contributed by atoms with Crippen molar-refractivity contribution in [2.24, 2.45) is 5.92 Å². The number of carbonyl (C=O) groups excluding carboxylic acids is 2. The Bertz CT molecular complexity index is 1250. The number of amides is 2. The fourth-order valence-electron chi connectivity index (χ4n) is 4.20. The Kier molecular flexibility index (Phi) is 11.5. The third-order valence-electron chi connectivity index (χ3n) is 6.64. The largest absolute Gasteiger partial charge is 0.369 e. The highest BCUT2D eigenvalue weighted by Gasteiger charge is 2.28. The summed E-state index contributed by atoms with van der Waals surface area (Å²) in [5, 5.41) is 9.41. The Morgan fingerprint density at radius 3 is 2.77 bits per heavy atom. The molecule has 3 N–H and O–H groups in total. The summed E-state index contributed by atoms with van der Waals surface area (Å²) in [4.78, 5) is 37.5. The number of hydrogen-bond donors (Lipinski definition) is 3. The van der Waals surface area contributed by atoms with E-state index in [-0.39, 0.29) is 29.6 Å². The number of benzene rings is 1. The zero-order chi connectivity index (χ0) is 29.1. The topological polar surface area (TPSA) is 102 Å². The highest BCUT2D eigenvalue weighted by Crippen LogP contribution is 2.26. The van der Waals surface area contributed by atoms with E-state index in [1.165, 1.54) is 23.1 Å². The second-order valence-corrected chi connectivity index (χ2v) is 10.3. The highest BCUT2D eigenvalue weighted by atomic mass is 19.1. The molecule has 0 saturated heterocycles. The molecule has 2 aromatic rings. The molecule has 1 fully saturated rings. The summed E-state index contributed by atoms with van der Waals surface area (Å²) >= 11 is 0. The van der Waals surface area contributed by atoms with Crippen molar-refractivity contribution in [3.8, 4) is 11.8 Å². The first-order chi connectivity index (χ1) is 19.2. The molecule has 40 heavy (non-hydrogen) atoms. The molecule has 1 saturated carbocycles. The van der Waals surface area contributed by atoms with Gasteiger partial charge in [0.05, 0.1) is 11.8 Å². The van der Waals surface area contributed by atoms with E-state index < -0.39 is 6.04 Å². The van der Waals surface area contributed by atoms with Crippen LogP contribution in [-0.2, 0) is 9.59 Å². The predicted octanol–water partition coefficient (Wildman–Crippen LogP) is 3.78. The maximum absolute atomic E-state index is 13.5. The van der Waals surface area contributed by atoms with Gasteiger partial charge in [0.25, 0.3) is 0 Å². The first-order valence-corrected chi connectivity index (χ1v) is 13.7. The van der Waals surface area contributed by atoms with Crippen LogP contribution < -0.4 is 16.0 Å². The SMILES string of the molecule is CCCNc1nc(Nc2cccc(F)c2)ncc1C#C[C@@H]1CC[C@H](NC(=O)[C@H](C)N(C)C(=O)C=CCN(C)C)C1. The van der Waals surface area contributed by atoms with Gasteiger partial charge in [-0.25, -0.2) is 9.37 Å². The quantitative estimate of drug-likeness (QED) is 0.290. The number of anilines is 3. The predicted molar refractivity (Wildman–Crippen MR) is 157 cm³/mol. The smallest absolute Gasteiger partial charge is 0.246 e. The van der Waals surface area contributed by atoms with Gasteiger partial charge in [0, 0.05) is 43.9 Å². The lowest BCUT2D eigenvalue weighted by Crippen LogP contribution is -2.48. The van der Waals surface area contributed by atoms with E-state index in [4.69, 9.17) is 0 Å². The van der Waals surface area contributed by atoms with Crippen molar-refractivity contribution in [2.75, 3.05) is 44.9 Å². The molecule has 3 rings (SSSR count). The van der Waals surface area contributed by atoms with Crippen molar-refractivity contribution in [1.29, 1.82) is 0 Å². The molecule has 0 unspecified atom stereocenters. The molecular weight excluding hydrogens is 509 g/mol. The minimum Gasteiger partial charge on any atom is -0.369 e. The van der Waals surface area contributed by atoms with Gasteiger partial charge in [-0.2, -0.15) is 4.98 Å². The van der Waals surface area contributed by atoms with Crippen LogP contribution in [0.2, 0.25) is 0 Å². The summed E-state index contributed by atoms with van der Waals surface area (Å²) in [5.74, 6) is 6.93. The van der Waals surface area contributed by atoms with E-state index in [0.29, 0.717) is 29.6 Å². The number of aromatic nitrogens is 2. The molecule has 3 atom stereocenters. The van der Waals surface area contributed by atoms with Crippen LogP contribution in [0.3, 0.4) is 0 Å². The summed E-state index contributed by atoms with van der Waals surface area (Å²) in [6, 6.07) is 5.55. The Hall–Kier alpha value is -3.97. The maximum atomic E-state index is 13.5. The second kappa shape index (κ2) is 15.0. The molecule has 214 valence electrons. The lowest BCUT2D eigenvalue weighted by atomic mass is 10.1.